The summed E-state index contributed by atoms with van der Waals surface area (Å²) in [7, 11) is 1.65. The summed E-state index contributed by atoms with van der Waals surface area (Å²) in [6.45, 7) is 3.75. The fourth-order valence-corrected chi connectivity index (χ4v) is 2.49. The third-order valence-electron chi connectivity index (χ3n) is 2.53. The van der Waals surface area contributed by atoms with Crippen molar-refractivity contribution < 1.29 is 9.84 Å². The van der Waals surface area contributed by atoms with E-state index in [-0.39, 0.29) is 0 Å². The van der Waals surface area contributed by atoms with Crippen molar-refractivity contribution in [1.82, 2.24) is 4.98 Å². The van der Waals surface area contributed by atoms with Crippen molar-refractivity contribution in [2.24, 2.45) is 0 Å². The highest BCUT2D eigenvalue weighted by Crippen LogP contribution is 2.31. The van der Waals surface area contributed by atoms with E-state index in [2.05, 4.69) is 4.98 Å². The number of aromatic nitrogens is 1. The quantitative estimate of drug-likeness (QED) is 0.908. The second-order valence-corrected chi connectivity index (χ2v) is 5.10. The summed E-state index contributed by atoms with van der Waals surface area (Å²) in [4.78, 5) is 5.58. The molecule has 17 heavy (non-hydrogen) atoms. The summed E-state index contributed by atoms with van der Waals surface area (Å²) >= 11 is 1.53. The Morgan fingerprint density at radius 1 is 1.29 bits per heavy atom. The fraction of sp³-hybridized carbons (Fsp3) is 0.308. The molecule has 90 valence electrons. The molecule has 0 spiro atoms. The minimum absolute atomic E-state index is 0.509. The van der Waals surface area contributed by atoms with E-state index in [0.29, 0.717) is 0 Å². The van der Waals surface area contributed by atoms with Gasteiger partial charge in [-0.05, 0) is 38.1 Å². The van der Waals surface area contributed by atoms with Gasteiger partial charge in [0.2, 0.25) is 0 Å². The summed E-state index contributed by atoms with van der Waals surface area (Å²) in [5.41, 5.74) is 1.99. The van der Waals surface area contributed by atoms with E-state index in [1.165, 1.54) is 11.3 Å². The van der Waals surface area contributed by atoms with E-state index in [4.69, 9.17) is 4.74 Å². The zero-order valence-electron chi connectivity index (χ0n) is 10.1. The number of nitrogens with zero attached hydrogens (tertiary/aromatic N) is 1. The third kappa shape index (κ3) is 2.48. The van der Waals surface area contributed by atoms with Crippen LogP contribution in [-0.2, 0) is 0 Å². The first-order valence-corrected chi connectivity index (χ1v) is 6.23. The minimum Gasteiger partial charge on any atom is -0.497 e. The number of thiazole rings is 1. The molecule has 0 aliphatic heterocycles. The van der Waals surface area contributed by atoms with Crippen molar-refractivity contribution in [3.8, 4) is 17.0 Å². The maximum absolute atomic E-state index is 9.52. The van der Waals surface area contributed by atoms with Crippen molar-refractivity contribution in [2.75, 3.05) is 7.11 Å². The number of aliphatic hydroxyl groups excluding tert-OH is 1. The monoisotopic (exact) mass is 249 g/mol. The van der Waals surface area contributed by atoms with Crippen LogP contribution in [0.5, 0.6) is 5.75 Å². The Hall–Kier alpha value is -1.39. The summed E-state index contributed by atoms with van der Waals surface area (Å²) in [5, 5.41) is 10.3. The second-order valence-electron chi connectivity index (χ2n) is 3.86. The molecule has 0 aliphatic rings. The Bertz CT molecular complexity index is 503. The lowest BCUT2D eigenvalue weighted by atomic mass is 10.1. The van der Waals surface area contributed by atoms with Gasteiger partial charge in [0.15, 0.2) is 0 Å². The molecule has 0 fully saturated rings. The van der Waals surface area contributed by atoms with Crippen LogP contribution in [-0.4, -0.2) is 17.2 Å². The molecule has 1 heterocycles. The van der Waals surface area contributed by atoms with Crippen LogP contribution in [0.1, 0.15) is 22.9 Å². The minimum atomic E-state index is -0.509. The molecule has 0 bridgehead atoms. The van der Waals surface area contributed by atoms with Crippen LogP contribution in [0.2, 0.25) is 0 Å². The Morgan fingerprint density at radius 2 is 1.94 bits per heavy atom. The van der Waals surface area contributed by atoms with Gasteiger partial charge in [0.25, 0.3) is 0 Å². The normalized spacial score (nSPS) is 12.5. The van der Waals surface area contributed by atoms with E-state index in [9.17, 15) is 5.11 Å². The zero-order valence-corrected chi connectivity index (χ0v) is 10.9. The van der Waals surface area contributed by atoms with Gasteiger partial charge in [-0.3, -0.25) is 0 Å². The number of aryl methyl sites for hydroxylation is 1. The van der Waals surface area contributed by atoms with E-state index in [1.54, 1.807) is 14.0 Å². The highest BCUT2D eigenvalue weighted by Gasteiger charge is 2.12. The van der Waals surface area contributed by atoms with Gasteiger partial charge in [0, 0.05) is 10.4 Å². The van der Waals surface area contributed by atoms with Gasteiger partial charge in [0.1, 0.15) is 16.9 Å². The van der Waals surface area contributed by atoms with Crippen molar-refractivity contribution in [3.05, 3.63) is 34.2 Å². The average molecular weight is 249 g/mol. The van der Waals surface area contributed by atoms with Crippen molar-refractivity contribution >= 4 is 11.3 Å². The summed E-state index contributed by atoms with van der Waals surface area (Å²) in [6.07, 6.45) is -0.509. The highest BCUT2D eigenvalue weighted by atomic mass is 32.1. The van der Waals surface area contributed by atoms with E-state index < -0.39 is 6.10 Å². The molecular weight excluding hydrogens is 234 g/mol. The van der Waals surface area contributed by atoms with Crippen molar-refractivity contribution in [3.63, 3.8) is 0 Å². The zero-order chi connectivity index (χ0) is 12.4. The molecule has 1 aromatic heterocycles. The van der Waals surface area contributed by atoms with Crippen molar-refractivity contribution in [2.45, 2.75) is 20.0 Å². The number of rotatable bonds is 3. The van der Waals surface area contributed by atoms with Gasteiger partial charge in [0.05, 0.1) is 12.8 Å². The summed E-state index contributed by atoms with van der Waals surface area (Å²) < 4.78 is 5.12. The number of benzene rings is 1. The number of aliphatic hydroxyl groups is 1. The van der Waals surface area contributed by atoms with Gasteiger partial charge in [-0.1, -0.05) is 0 Å². The van der Waals surface area contributed by atoms with Gasteiger partial charge in [-0.15, -0.1) is 11.3 Å². The molecule has 0 saturated carbocycles. The molecule has 0 amide bonds. The lowest BCUT2D eigenvalue weighted by Crippen LogP contribution is -1.89. The van der Waals surface area contributed by atoms with E-state index in [0.717, 1.165) is 26.9 Å². The van der Waals surface area contributed by atoms with E-state index in [1.807, 2.05) is 31.2 Å². The van der Waals surface area contributed by atoms with Crippen LogP contribution in [0.25, 0.3) is 11.3 Å². The first kappa shape index (κ1) is 12.1. The van der Waals surface area contributed by atoms with Gasteiger partial charge >= 0.3 is 0 Å². The smallest absolute Gasteiger partial charge is 0.122 e. The van der Waals surface area contributed by atoms with Crippen LogP contribution in [0.3, 0.4) is 0 Å². The lowest BCUT2D eigenvalue weighted by molar-refractivity contribution is 0.199. The molecule has 0 aliphatic carbocycles. The largest absolute Gasteiger partial charge is 0.497 e. The molecule has 1 aromatic carbocycles. The summed E-state index contributed by atoms with van der Waals surface area (Å²) in [5.74, 6) is 0.831. The van der Waals surface area contributed by atoms with Gasteiger partial charge < -0.3 is 9.84 Å². The third-order valence-corrected chi connectivity index (χ3v) is 3.68. The maximum Gasteiger partial charge on any atom is 0.122 e. The first-order chi connectivity index (χ1) is 8.11. The first-order valence-electron chi connectivity index (χ1n) is 5.41. The van der Waals surface area contributed by atoms with Gasteiger partial charge in [-0.2, -0.15) is 0 Å². The number of ether oxygens (including phenoxy) is 1. The second kappa shape index (κ2) is 4.85. The molecular formula is C13H15NO2S. The molecule has 2 aromatic rings. The highest BCUT2D eigenvalue weighted by molar-refractivity contribution is 7.12. The molecule has 4 heteroatoms. The number of hydrogen-bond acceptors (Lipinski definition) is 4. The summed E-state index contributed by atoms with van der Waals surface area (Å²) in [6, 6.07) is 7.78. The van der Waals surface area contributed by atoms with Gasteiger partial charge in [-0.25, -0.2) is 4.98 Å². The Balaban J connectivity index is 2.38. The van der Waals surface area contributed by atoms with Crippen molar-refractivity contribution in [1.29, 1.82) is 0 Å². The predicted octanol–water partition coefficient (Wildman–Crippen LogP) is 3.18. The van der Waals surface area contributed by atoms with Crippen LogP contribution in [0.15, 0.2) is 24.3 Å². The average Bonchev–Trinajstić information content (AvgIpc) is 2.72. The molecule has 0 saturated heterocycles. The fourth-order valence-electron chi connectivity index (χ4n) is 1.61. The topological polar surface area (TPSA) is 42.4 Å². The Kier molecular flexibility index (Phi) is 3.45. The van der Waals surface area contributed by atoms with Crippen LogP contribution in [0, 0.1) is 6.92 Å². The molecule has 0 radical (unpaired) electrons. The molecule has 1 N–H and O–H groups in total. The standard InChI is InChI=1S/C13H15NO2S/c1-8(15)13-14-12(9(2)17-13)10-4-6-11(16-3)7-5-10/h4-8,15H,1-3H3. The Labute approximate surface area is 105 Å². The lowest BCUT2D eigenvalue weighted by Gasteiger charge is -2.02. The maximum atomic E-state index is 9.52. The molecule has 2 rings (SSSR count). The SMILES string of the molecule is COc1ccc(-c2nc(C(C)O)sc2C)cc1. The number of hydrogen-bond donors (Lipinski definition) is 1. The van der Waals surface area contributed by atoms with Crippen LogP contribution < -0.4 is 4.74 Å². The van der Waals surface area contributed by atoms with Crippen LogP contribution in [0.4, 0.5) is 0 Å². The Morgan fingerprint density at radius 3 is 2.41 bits per heavy atom. The molecule has 3 nitrogen and oxygen atoms in total. The van der Waals surface area contributed by atoms with Crippen LogP contribution >= 0.6 is 11.3 Å². The molecule has 1 unspecified atom stereocenters. The number of methoxy groups -OCH3 is 1. The molecule has 1 atom stereocenters. The predicted molar refractivity (Wildman–Crippen MR) is 69.5 cm³/mol. The van der Waals surface area contributed by atoms with E-state index >= 15 is 0 Å².